The Bertz CT molecular complexity index is 366. The maximum absolute atomic E-state index is 11.7. The minimum atomic E-state index is -0.456. The van der Waals surface area contributed by atoms with Gasteiger partial charge in [0.05, 0.1) is 5.70 Å². The third-order valence-corrected chi connectivity index (χ3v) is 4.68. The van der Waals surface area contributed by atoms with Gasteiger partial charge in [0.1, 0.15) is 10.8 Å². The number of hydrogen-bond acceptors (Lipinski definition) is 3. The van der Waals surface area contributed by atoms with Gasteiger partial charge in [0.25, 0.3) is 0 Å². The average molecular weight is 246 g/mol. The lowest BCUT2D eigenvalue weighted by molar-refractivity contribution is -0.140. The van der Waals surface area contributed by atoms with Crippen molar-refractivity contribution in [2.75, 3.05) is 5.75 Å². The van der Waals surface area contributed by atoms with Gasteiger partial charge in [-0.25, -0.2) is 0 Å². The van der Waals surface area contributed by atoms with Gasteiger partial charge in [-0.15, -0.1) is 23.4 Å². The molecule has 0 radical (unpaired) electrons. The van der Waals surface area contributed by atoms with Crippen LogP contribution in [0.25, 0.3) is 0 Å². The van der Waals surface area contributed by atoms with Crippen molar-refractivity contribution in [2.45, 2.75) is 31.0 Å². The number of nitrogens with zero attached hydrogens (tertiary/aromatic N) is 1. The molecule has 15 heavy (non-hydrogen) atoms. The third kappa shape index (κ3) is 1.51. The molecule has 0 unspecified atom stereocenters. The van der Waals surface area contributed by atoms with E-state index in [1.807, 2.05) is 13.8 Å². The number of β-lactam (4-membered cyclic amide) rings is 1. The predicted molar refractivity (Wildman–Crippen MR) is 60.7 cm³/mol. The fraction of sp³-hybridized carbons (Fsp3) is 0.600. The summed E-state index contributed by atoms with van der Waals surface area (Å²) in [6.45, 7) is 3.71. The van der Waals surface area contributed by atoms with Crippen molar-refractivity contribution in [3.63, 3.8) is 0 Å². The molecule has 5 heteroatoms. The van der Waals surface area contributed by atoms with Crippen molar-refractivity contribution in [1.29, 1.82) is 0 Å². The molecule has 0 aliphatic carbocycles. The maximum Gasteiger partial charge on any atom is 0.249 e. The molecule has 0 aromatic carbocycles. The topological polar surface area (TPSA) is 37.4 Å². The lowest BCUT2D eigenvalue weighted by Crippen LogP contribution is -2.62. The van der Waals surface area contributed by atoms with Crippen LogP contribution in [-0.4, -0.2) is 33.1 Å². The number of fused-ring (bicyclic) bond motifs is 1. The van der Waals surface area contributed by atoms with Crippen LogP contribution in [0.3, 0.4) is 0 Å². The summed E-state index contributed by atoms with van der Waals surface area (Å²) in [5.41, 5.74) is 1.57. The first-order valence-corrected chi connectivity index (χ1v) is 6.38. The van der Waals surface area contributed by atoms with Crippen LogP contribution in [0.4, 0.5) is 0 Å². The Labute approximate surface area is 97.8 Å². The Kier molecular flexibility index (Phi) is 2.81. The number of hydrogen-bond donors (Lipinski definition) is 0. The Morgan fingerprint density at radius 2 is 2.33 bits per heavy atom. The second kappa shape index (κ2) is 3.83. The van der Waals surface area contributed by atoms with E-state index in [2.05, 4.69) is 0 Å². The molecule has 3 nitrogen and oxygen atoms in total. The van der Waals surface area contributed by atoms with Crippen molar-refractivity contribution in [3.8, 4) is 0 Å². The first-order valence-electron chi connectivity index (χ1n) is 4.89. The zero-order valence-corrected chi connectivity index (χ0v) is 10.2. The maximum atomic E-state index is 11.7. The van der Waals surface area contributed by atoms with Crippen molar-refractivity contribution in [2.24, 2.45) is 0 Å². The van der Waals surface area contributed by atoms with Crippen molar-refractivity contribution < 1.29 is 9.59 Å². The van der Waals surface area contributed by atoms with E-state index >= 15 is 0 Å². The van der Waals surface area contributed by atoms with Crippen molar-refractivity contribution >= 4 is 35.1 Å². The summed E-state index contributed by atoms with van der Waals surface area (Å²) in [5, 5.41) is -0.490. The summed E-state index contributed by atoms with van der Waals surface area (Å²) in [5.74, 6) is 0.693. The molecule has 0 bridgehead atoms. The van der Waals surface area contributed by atoms with Crippen LogP contribution in [-0.2, 0) is 9.59 Å². The number of amides is 1. The lowest BCUT2D eigenvalue weighted by atomic mass is 10.0. The number of ketones is 1. The second-order valence-electron chi connectivity index (χ2n) is 3.72. The number of rotatable bonds is 2. The number of alkyl halides is 1. The highest BCUT2D eigenvalue weighted by Gasteiger charge is 2.51. The van der Waals surface area contributed by atoms with E-state index in [9.17, 15) is 9.59 Å². The Morgan fingerprint density at radius 3 is 2.93 bits per heavy atom. The molecule has 2 aliphatic rings. The molecule has 1 saturated heterocycles. The highest BCUT2D eigenvalue weighted by Crippen LogP contribution is 2.42. The minimum Gasteiger partial charge on any atom is -0.293 e. The molecular weight excluding hydrogens is 234 g/mol. The van der Waals surface area contributed by atoms with Gasteiger partial charge < -0.3 is 0 Å². The van der Waals surface area contributed by atoms with Gasteiger partial charge in [-0.2, -0.15) is 0 Å². The van der Waals surface area contributed by atoms with Crippen LogP contribution in [0.2, 0.25) is 0 Å². The van der Waals surface area contributed by atoms with E-state index in [-0.39, 0.29) is 17.1 Å². The number of allylic oxidation sites excluding steroid dienone is 1. The number of carbonyl (C=O) groups is 2. The molecule has 2 aliphatic heterocycles. The number of halogens is 1. The van der Waals surface area contributed by atoms with E-state index < -0.39 is 5.38 Å². The minimum absolute atomic E-state index is 0.0339. The summed E-state index contributed by atoms with van der Waals surface area (Å²) in [6.07, 6.45) is 0.431. The van der Waals surface area contributed by atoms with Crippen LogP contribution in [0.15, 0.2) is 11.3 Å². The van der Waals surface area contributed by atoms with Crippen LogP contribution in [0.5, 0.6) is 0 Å². The van der Waals surface area contributed by atoms with Gasteiger partial charge in [0.2, 0.25) is 5.91 Å². The first-order chi connectivity index (χ1) is 7.07. The molecule has 1 fully saturated rings. The van der Waals surface area contributed by atoms with Crippen LogP contribution >= 0.6 is 23.4 Å². The zero-order valence-electron chi connectivity index (χ0n) is 8.62. The molecule has 82 valence electrons. The van der Waals surface area contributed by atoms with E-state index in [0.717, 1.165) is 11.3 Å². The van der Waals surface area contributed by atoms with E-state index in [0.29, 0.717) is 12.1 Å². The molecule has 2 rings (SSSR count). The molecule has 2 atom stereocenters. The van der Waals surface area contributed by atoms with E-state index in [1.165, 1.54) is 0 Å². The normalized spacial score (nSPS) is 30.1. The van der Waals surface area contributed by atoms with Gasteiger partial charge in [-0.05, 0) is 12.5 Å². The fourth-order valence-corrected chi connectivity index (χ4v) is 3.49. The number of thioether (sulfide) groups is 1. The quantitative estimate of drug-likeness (QED) is 0.550. The first kappa shape index (κ1) is 11.0. The molecule has 2 heterocycles. The Balaban J connectivity index is 2.33. The summed E-state index contributed by atoms with van der Waals surface area (Å²) >= 11 is 7.52. The lowest BCUT2D eigenvalue weighted by Gasteiger charge is -2.47. The molecule has 1 amide bonds. The standard InChI is InChI=1S/C10H12ClNO2S/c1-3-6(13)8-5(2)4-15-10-7(11)9(14)12(8)10/h7,10H,3-4H2,1-2H3/t7-,10-/m0/s1. The largest absolute Gasteiger partial charge is 0.293 e. The number of carbonyl (C=O) groups excluding carboxylic acids is 2. The molecule has 0 saturated carbocycles. The zero-order chi connectivity index (χ0) is 11.2. The molecule has 0 spiro atoms. The summed E-state index contributed by atoms with van der Waals surface area (Å²) < 4.78 is 0. The second-order valence-corrected chi connectivity index (χ2v) is 5.29. The smallest absolute Gasteiger partial charge is 0.249 e. The predicted octanol–water partition coefficient (Wildman–Crippen LogP) is 1.76. The third-order valence-electron chi connectivity index (χ3n) is 2.68. The molecule has 0 aromatic heterocycles. The van der Waals surface area contributed by atoms with Gasteiger partial charge in [-0.3, -0.25) is 14.5 Å². The summed E-state index contributed by atoms with van der Waals surface area (Å²) in [7, 11) is 0. The van der Waals surface area contributed by atoms with Crippen molar-refractivity contribution in [1.82, 2.24) is 4.90 Å². The van der Waals surface area contributed by atoms with Gasteiger partial charge >= 0.3 is 0 Å². The van der Waals surface area contributed by atoms with Crippen LogP contribution in [0, 0.1) is 0 Å². The number of Topliss-reactive ketones (excluding diaryl/α,β-unsaturated/α-hetero) is 1. The van der Waals surface area contributed by atoms with Gasteiger partial charge in [0.15, 0.2) is 5.78 Å². The van der Waals surface area contributed by atoms with Gasteiger partial charge in [0, 0.05) is 12.2 Å². The highest BCUT2D eigenvalue weighted by molar-refractivity contribution is 8.00. The monoisotopic (exact) mass is 245 g/mol. The SMILES string of the molecule is CCC(=O)C1=C(C)CS[C@H]2[C@@H](Cl)C(=O)N12. The van der Waals surface area contributed by atoms with E-state index in [4.69, 9.17) is 11.6 Å². The average Bonchev–Trinajstić information content (AvgIpc) is 2.26. The fourth-order valence-electron chi connectivity index (χ4n) is 1.85. The Morgan fingerprint density at radius 1 is 1.67 bits per heavy atom. The van der Waals surface area contributed by atoms with Crippen LogP contribution in [0.1, 0.15) is 20.3 Å². The highest BCUT2D eigenvalue weighted by atomic mass is 35.5. The summed E-state index contributed by atoms with van der Waals surface area (Å²) in [6, 6.07) is 0. The molecule has 0 N–H and O–H groups in total. The molecular formula is C10H12ClNO2S. The van der Waals surface area contributed by atoms with Crippen LogP contribution < -0.4 is 0 Å². The molecule has 0 aromatic rings. The van der Waals surface area contributed by atoms with E-state index in [1.54, 1.807) is 16.7 Å². The Hall–Kier alpha value is -0.480. The van der Waals surface area contributed by atoms with Gasteiger partial charge in [-0.1, -0.05) is 6.92 Å². The van der Waals surface area contributed by atoms with Crippen molar-refractivity contribution in [3.05, 3.63) is 11.3 Å². The summed E-state index contributed by atoms with van der Waals surface area (Å²) in [4.78, 5) is 24.8.